The van der Waals surface area contributed by atoms with E-state index in [0.717, 1.165) is 12.1 Å². The van der Waals surface area contributed by atoms with Crippen LogP contribution in [-0.2, 0) is 13.3 Å². The molecule has 0 saturated carbocycles. The SMILES string of the molecule is C=C[Si](C)(C=C)CC[Si](OCC)(OCC)OCC. The van der Waals surface area contributed by atoms with Crippen molar-refractivity contribution in [3.8, 4) is 0 Å². The highest BCUT2D eigenvalue weighted by molar-refractivity contribution is 6.88. The van der Waals surface area contributed by atoms with Crippen molar-refractivity contribution in [1.29, 1.82) is 0 Å². The largest absolute Gasteiger partial charge is 0.500 e. The first-order valence-electron chi connectivity index (χ1n) is 6.70. The standard InChI is InChI=1S/C13H28O3Si2/c1-7-14-18(15-8-2,16-9-3)13-12-17(6,10-4)11-5/h10-11H,4-5,7-9,12-13H2,1-3,6H3. The van der Waals surface area contributed by atoms with Gasteiger partial charge < -0.3 is 13.3 Å². The first kappa shape index (κ1) is 17.8. The molecule has 106 valence electrons. The Kier molecular flexibility index (Phi) is 8.72. The smallest absolute Gasteiger partial charge is 0.374 e. The van der Waals surface area contributed by atoms with Gasteiger partial charge in [0.05, 0.1) is 8.07 Å². The molecule has 0 N–H and O–H groups in total. The van der Waals surface area contributed by atoms with Crippen LogP contribution >= 0.6 is 0 Å². The minimum absolute atomic E-state index is 0.632. The van der Waals surface area contributed by atoms with Crippen LogP contribution in [-0.4, -0.2) is 36.7 Å². The predicted molar refractivity (Wildman–Crippen MR) is 82.3 cm³/mol. The molecule has 0 bridgehead atoms. The molecule has 0 fully saturated rings. The molecule has 0 unspecified atom stereocenters. The second-order valence-electron chi connectivity index (χ2n) is 4.40. The Hall–Kier alpha value is -0.206. The molecule has 0 rings (SSSR count). The van der Waals surface area contributed by atoms with Gasteiger partial charge in [-0.15, -0.1) is 13.2 Å². The van der Waals surface area contributed by atoms with E-state index >= 15 is 0 Å². The molecule has 5 heteroatoms. The van der Waals surface area contributed by atoms with Gasteiger partial charge in [-0.3, -0.25) is 0 Å². The summed E-state index contributed by atoms with van der Waals surface area (Å²) in [6, 6.07) is 1.87. The summed E-state index contributed by atoms with van der Waals surface area (Å²) in [6.07, 6.45) is 0. The number of hydrogen-bond acceptors (Lipinski definition) is 3. The normalized spacial score (nSPS) is 12.4. The predicted octanol–water partition coefficient (Wildman–Crippen LogP) is 3.56. The van der Waals surface area contributed by atoms with E-state index in [-0.39, 0.29) is 0 Å². The average molecular weight is 289 g/mol. The summed E-state index contributed by atoms with van der Waals surface area (Å²) in [5, 5.41) is 0. The van der Waals surface area contributed by atoms with Crippen molar-refractivity contribution in [2.45, 2.75) is 39.4 Å². The van der Waals surface area contributed by atoms with Gasteiger partial charge in [0.1, 0.15) is 0 Å². The zero-order valence-corrected chi connectivity index (χ0v) is 14.3. The van der Waals surface area contributed by atoms with Crippen LogP contribution in [0.4, 0.5) is 0 Å². The second kappa shape index (κ2) is 8.82. The van der Waals surface area contributed by atoms with Gasteiger partial charge in [0.15, 0.2) is 0 Å². The van der Waals surface area contributed by atoms with E-state index in [1.807, 2.05) is 20.8 Å². The molecule has 3 nitrogen and oxygen atoms in total. The summed E-state index contributed by atoms with van der Waals surface area (Å²) in [5.74, 6) is 0. The van der Waals surface area contributed by atoms with E-state index in [0.29, 0.717) is 19.8 Å². The lowest BCUT2D eigenvalue weighted by atomic mass is 10.9. The van der Waals surface area contributed by atoms with Gasteiger partial charge in [-0.05, 0) is 26.8 Å². The number of hydrogen-bond donors (Lipinski definition) is 0. The van der Waals surface area contributed by atoms with Crippen molar-refractivity contribution >= 4 is 16.9 Å². The van der Waals surface area contributed by atoms with Gasteiger partial charge >= 0.3 is 8.80 Å². The molecule has 0 heterocycles. The van der Waals surface area contributed by atoms with Crippen molar-refractivity contribution in [3.05, 3.63) is 24.6 Å². The zero-order chi connectivity index (χ0) is 14.1. The highest BCUT2D eigenvalue weighted by atomic mass is 28.4. The van der Waals surface area contributed by atoms with E-state index in [1.54, 1.807) is 0 Å². The van der Waals surface area contributed by atoms with Crippen LogP contribution in [0, 0.1) is 0 Å². The van der Waals surface area contributed by atoms with Crippen LogP contribution in [0.2, 0.25) is 18.6 Å². The lowest BCUT2D eigenvalue weighted by Gasteiger charge is -2.30. The molecule has 18 heavy (non-hydrogen) atoms. The molecule has 0 amide bonds. The molecular formula is C13H28O3Si2. The molecule has 0 aromatic rings. The first-order chi connectivity index (χ1) is 8.51. The Balaban J connectivity index is 4.74. The molecule has 0 saturated heterocycles. The first-order valence-corrected chi connectivity index (χ1v) is 11.5. The van der Waals surface area contributed by atoms with Crippen LogP contribution in [0.3, 0.4) is 0 Å². The summed E-state index contributed by atoms with van der Waals surface area (Å²) >= 11 is 0. The molecule has 0 aliphatic rings. The van der Waals surface area contributed by atoms with Crippen LogP contribution in [0.15, 0.2) is 24.6 Å². The van der Waals surface area contributed by atoms with Gasteiger partial charge in [0.25, 0.3) is 0 Å². The van der Waals surface area contributed by atoms with Gasteiger partial charge in [0.2, 0.25) is 0 Å². The maximum atomic E-state index is 5.84. The Morgan fingerprint density at radius 1 is 0.833 bits per heavy atom. The van der Waals surface area contributed by atoms with Crippen molar-refractivity contribution in [3.63, 3.8) is 0 Å². The maximum absolute atomic E-state index is 5.84. The topological polar surface area (TPSA) is 27.7 Å². The molecule has 0 aliphatic heterocycles. The highest BCUT2D eigenvalue weighted by Gasteiger charge is 2.41. The summed E-state index contributed by atoms with van der Waals surface area (Å²) in [5.41, 5.74) is 4.12. The summed E-state index contributed by atoms with van der Waals surface area (Å²) in [7, 11) is -4.07. The fraction of sp³-hybridized carbons (Fsp3) is 0.692. The van der Waals surface area contributed by atoms with Crippen molar-refractivity contribution in [2.24, 2.45) is 0 Å². The highest BCUT2D eigenvalue weighted by Crippen LogP contribution is 2.24. The molecular weight excluding hydrogens is 260 g/mol. The molecule has 0 spiro atoms. The summed E-state index contributed by atoms with van der Waals surface area (Å²) in [4.78, 5) is 0. The van der Waals surface area contributed by atoms with Crippen LogP contribution in [0.25, 0.3) is 0 Å². The minimum Gasteiger partial charge on any atom is -0.374 e. The van der Waals surface area contributed by atoms with Crippen LogP contribution in [0.1, 0.15) is 20.8 Å². The van der Waals surface area contributed by atoms with Crippen LogP contribution < -0.4 is 0 Å². The zero-order valence-electron chi connectivity index (χ0n) is 12.3. The molecule has 0 aliphatic carbocycles. The third kappa shape index (κ3) is 5.62. The average Bonchev–Trinajstić information content (AvgIpc) is 2.37. The fourth-order valence-corrected chi connectivity index (χ4v) is 7.67. The van der Waals surface area contributed by atoms with E-state index in [9.17, 15) is 0 Å². The monoisotopic (exact) mass is 288 g/mol. The molecule has 0 aromatic heterocycles. The Labute approximate surface area is 114 Å². The molecule has 0 aromatic carbocycles. The Bertz CT molecular complexity index is 232. The van der Waals surface area contributed by atoms with Crippen molar-refractivity contribution < 1.29 is 13.3 Å². The van der Waals surface area contributed by atoms with Gasteiger partial charge in [0, 0.05) is 25.9 Å². The van der Waals surface area contributed by atoms with Crippen molar-refractivity contribution in [2.75, 3.05) is 19.8 Å². The van der Waals surface area contributed by atoms with E-state index < -0.39 is 16.9 Å². The van der Waals surface area contributed by atoms with Gasteiger partial charge in [-0.1, -0.05) is 17.9 Å². The number of rotatable bonds is 11. The lowest BCUT2D eigenvalue weighted by Crippen LogP contribution is -2.47. The maximum Gasteiger partial charge on any atom is 0.500 e. The van der Waals surface area contributed by atoms with Crippen molar-refractivity contribution in [1.82, 2.24) is 0 Å². The van der Waals surface area contributed by atoms with Crippen LogP contribution in [0.5, 0.6) is 0 Å². The van der Waals surface area contributed by atoms with Gasteiger partial charge in [-0.25, -0.2) is 0 Å². The fourth-order valence-electron chi connectivity index (χ4n) is 1.71. The second-order valence-corrected chi connectivity index (χ2v) is 11.5. The minimum atomic E-state index is -2.50. The third-order valence-corrected chi connectivity index (χ3v) is 9.74. The van der Waals surface area contributed by atoms with E-state index in [4.69, 9.17) is 13.3 Å². The lowest BCUT2D eigenvalue weighted by molar-refractivity contribution is 0.0725. The molecule has 0 radical (unpaired) electrons. The van der Waals surface area contributed by atoms with Gasteiger partial charge in [-0.2, -0.15) is 0 Å². The van der Waals surface area contributed by atoms with E-state index in [1.165, 1.54) is 0 Å². The quantitative estimate of drug-likeness (QED) is 0.544. The summed E-state index contributed by atoms with van der Waals surface area (Å²) in [6.45, 7) is 17.9. The Morgan fingerprint density at radius 2 is 1.22 bits per heavy atom. The third-order valence-electron chi connectivity index (χ3n) is 3.00. The Morgan fingerprint density at radius 3 is 1.50 bits per heavy atom. The van der Waals surface area contributed by atoms with E-state index in [2.05, 4.69) is 31.1 Å². The molecule has 0 atom stereocenters. The summed E-state index contributed by atoms with van der Waals surface area (Å²) < 4.78 is 17.5.